The number of nitrogens with zero attached hydrogens (tertiary/aromatic N) is 3. The third-order valence-electron chi connectivity index (χ3n) is 5.06. The Morgan fingerprint density at radius 1 is 1.17 bits per heavy atom. The van der Waals surface area contributed by atoms with Gasteiger partial charge in [-0.25, -0.2) is 19.2 Å². The number of carbonyl (C=O) groups is 1. The van der Waals surface area contributed by atoms with Crippen LogP contribution in [0.4, 0.5) is 14.9 Å². The number of benzene rings is 1. The maximum Gasteiger partial charge on any atom is 0.321 e. The summed E-state index contributed by atoms with van der Waals surface area (Å²) in [6, 6.07) is 8.29. The maximum absolute atomic E-state index is 14.5. The first-order chi connectivity index (χ1) is 14.2. The van der Waals surface area contributed by atoms with Crippen LogP contribution in [0.15, 0.2) is 47.3 Å². The third kappa shape index (κ3) is 3.47. The summed E-state index contributed by atoms with van der Waals surface area (Å²) in [7, 11) is 0. The molecule has 0 saturated carbocycles. The monoisotopic (exact) mass is 407 g/mol. The summed E-state index contributed by atoms with van der Waals surface area (Å²) in [4.78, 5) is 26.1. The number of likely N-dealkylation sites (tertiary alicyclic amines) is 1. The lowest BCUT2D eigenvalue weighted by Gasteiger charge is -2.16. The Morgan fingerprint density at radius 3 is 2.83 bits per heavy atom. The number of H-pyrrole nitrogens is 1. The number of fused-ring (bicyclic) bond motifs is 1. The molecular weight excluding hydrogens is 389 g/mol. The van der Waals surface area contributed by atoms with Crippen molar-refractivity contribution in [3.63, 3.8) is 0 Å². The Labute approximate surface area is 170 Å². The van der Waals surface area contributed by atoms with E-state index in [-0.39, 0.29) is 6.03 Å². The molecule has 4 heterocycles. The van der Waals surface area contributed by atoms with Gasteiger partial charge in [0.25, 0.3) is 0 Å². The van der Waals surface area contributed by atoms with Crippen molar-refractivity contribution >= 4 is 34.2 Å². The van der Waals surface area contributed by atoms with Crippen molar-refractivity contribution in [3.05, 3.63) is 53.1 Å². The molecule has 3 aromatic heterocycles. The van der Waals surface area contributed by atoms with Crippen LogP contribution < -0.4 is 5.32 Å². The molecule has 0 spiro atoms. The van der Waals surface area contributed by atoms with Gasteiger partial charge < -0.3 is 15.2 Å². The van der Waals surface area contributed by atoms with Crippen LogP contribution in [0.3, 0.4) is 0 Å². The minimum absolute atomic E-state index is 0.160. The fourth-order valence-electron chi connectivity index (χ4n) is 3.52. The Bertz CT molecular complexity index is 1180. The lowest BCUT2D eigenvalue weighted by molar-refractivity contribution is 0.222. The smallest absolute Gasteiger partial charge is 0.321 e. The number of aromatic nitrogens is 3. The molecule has 4 aromatic rings. The number of hydrogen-bond acceptors (Lipinski definition) is 4. The first kappa shape index (κ1) is 17.8. The molecule has 2 amide bonds. The second kappa shape index (κ2) is 7.29. The average Bonchev–Trinajstić information content (AvgIpc) is 3.49. The molecule has 2 N–H and O–H groups in total. The highest BCUT2D eigenvalue weighted by atomic mass is 32.1. The van der Waals surface area contributed by atoms with E-state index in [1.165, 1.54) is 6.07 Å². The molecule has 8 heteroatoms. The zero-order valence-corrected chi connectivity index (χ0v) is 16.3. The Kier molecular flexibility index (Phi) is 4.48. The van der Waals surface area contributed by atoms with E-state index in [2.05, 4.69) is 20.3 Å². The standard InChI is InChI=1S/C21H18FN5OS/c22-17-4-3-15(24-21(28)27-6-1-2-7-27)10-16(17)19-25-18-9-14(11-23-20(18)26-19)13-5-8-29-12-13/h3-5,8-12H,1-2,6-7H2,(H,24,28)(H,23,25,26). The number of urea groups is 1. The molecule has 29 heavy (non-hydrogen) atoms. The van der Waals surface area contributed by atoms with Crippen molar-refractivity contribution in [2.45, 2.75) is 12.8 Å². The van der Waals surface area contributed by atoms with Gasteiger partial charge in [0, 0.05) is 30.5 Å². The second-order valence-electron chi connectivity index (χ2n) is 7.01. The van der Waals surface area contributed by atoms with Gasteiger partial charge in [0.05, 0.1) is 5.56 Å². The van der Waals surface area contributed by atoms with E-state index in [1.807, 2.05) is 22.9 Å². The van der Waals surface area contributed by atoms with Gasteiger partial charge in [-0.3, -0.25) is 0 Å². The molecule has 1 fully saturated rings. The Balaban J connectivity index is 1.46. The fourth-order valence-corrected chi connectivity index (χ4v) is 4.18. The van der Waals surface area contributed by atoms with Crippen molar-refractivity contribution in [2.75, 3.05) is 18.4 Å². The van der Waals surface area contributed by atoms with E-state index in [9.17, 15) is 9.18 Å². The first-order valence-corrected chi connectivity index (χ1v) is 10.4. The Morgan fingerprint density at radius 2 is 2.03 bits per heavy atom. The number of imidazole rings is 1. The van der Waals surface area contributed by atoms with E-state index in [0.29, 0.717) is 28.2 Å². The van der Waals surface area contributed by atoms with Crippen molar-refractivity contribution in [1.82, 2.24) is 19.9 Å². The molecule has 0 unspecified atom stereocenters. The number of anilines is 1. The van der Waals surface area contributed by atoms with Crippen LogP contribution in [0.1, 0.15) is 12.8 Å². The average molecular weight is 407 g/mol. The first-order valence-electron chi connectivity index (χ1n) is 9.41. The molecule has 0 atom stereocenters. The van der Waals surface area contributed by atoms with Gasteiger partial charge in [0.2, 0.25) is 0 Å². The number of halogens is 1. The highest BCUT2D eigenvalue weighted by Gasteiger charge is 2.19. The SMILES string of the molecule is O=C(Nc1ccc(F)c(-c2nc3cc(-c4ccsc4)cnc3[nH]2)c1)N1CCCC1. The molecular formula is C21H18FN5OS. The number of carbonyl (C=O) groups excluding carboxylic acids is 1. The second-order valence-corrected chi connectivity index (χ2v) is 7.79. The molecule has 6 nitrogen and oxygen atoms in total. The summed E-state index contributed by atoms with van der Waals surface area (Å²) < 4.78 is 14.5. The van der Waals surface area contributed by atoms with Gasteiger partial charge in [0.1, 0.15) is 17.2 Å². The summed E-state index contributed by atoms with van der Waals surface area (Å²) in [5, 5.41) is 6.90. The van der Waals surface area contributed by atoms with Crippen LogP contribution >= 0.6 is 11.3 Å². The molecule has 0 aliphatic carbocycles. The van der Waals surface area contributed by atoms with Gasteiger partial charge >= 0.3 is 6.03 Å². The zero-order chi connectivity index (χ0) is 19.8. The van der Waals surface area contributed by atoms with Crippen LogP contribution in [0.5, 0.6) is 0 Å². The molecule has 0 radical (unpaired) electrons. The summed E-state index contributed by atoms with van der Waals surface area (Å²) in [5.74, 6) is -0.0361. The van der Waals surface area contributed by atoms with Crippen LogP contribution in [0.2, 0.25) is 0 Å². The summed E-state index contributed by atoms with van der Waals surface area (Å²) in [6.07, 6.45) is 3.80. The minimum Gasteiger partial charge on any atom is -0.325 e. The number of aromatic amines is 1. The van der Waals surface area contributed by atoms with E-state index in [4.69, 9.17) is 0 Å². The number of amides is 2. The van der Waals surface area contributed by atoms with E-state index >= 15 is 0 Å². The largest absolute Gasteiger partial charge is 0.325 e. The third-order valence-corrected chi connectivity index (χ3v) is 5.74. The zero-order valence-electron chi connectivity index (χ0n) is 15.5. The summed E-state index contributed by atoms with van der Waals surface area (Å²) in [6.45, 7) is 1.50. The van der Waals surface area contributed by atoms with E-state index in [1.54, 1.807) is 34.6 Å². The lowest BCUT2D eigenvalue weighted by Crippen LogP contribution is -2.32. The van der Waals surface area contributed by atoms with Gasteiger partial charge in [0.15, 0.2) is 5.65 Å². The highest BCUT2D eigenvalue weighted by Crippen LogP contribution is 2.28. The Hall–Kier alpha value is -3.26. The van der Waals surface area contributed by atoms with Crippen LogP contribution in [-0.2, 0) is 0 Å². The quantitative estimate of drug-likeness (QED) is 0.495. The predicted molar refractivity (Wildman–Crippen MR) is 112 cm³/mol. The topological polar surface area (TPSA) is 73.9 Å². The lowest BCUT2D eigenvalue weighted by atomic mass is 10.1. The molecule has 1 aliphatic rings. The van der Waals surface area contributed by atoms with Crippen molar-refractivity contribution in [1.29, 1.82) is 0 Å². The predicted octanol–water partition coefficient (Wildman–Crippen LogP) is 5.12. The highest BCUT2D eigenvalue weighted by molar-refractivity contribution is 7.08. The van der Waals surface area contributed by atoms with Gasteiger partial charge in [-0.1, -0.05) is 0 Å². The molecule has 5 rings (SSSR count). The van der Waals surface area contributed by atoms with E-state index in [0.717, 1.165) is 37.1 Å². The van der Waals surface area contributed by atoms with Gasteiger partial charge in [-0.05, 0) is 59.5 Å². The number of nitrogens with one attached hydrogen (secondary N) is 2. The number of pyridine rings is 1. The molecule has 1 aliphatic heterocycles. The van der Waals surface area contributed by atoms with Gasteiger partial charge in [-0.2, -0.15) is 11.3 Å². The van der Waals surface area contributed by atoms with Gasteiger partial charge in [-0.15, -0.1) is 0 Å². The van der Waals surface area contributed by atoms with Crippen molar-refractivity contribution in [3.8, 4) is 22.5 Å². The normalized spacial score (nSPS) is 13.9. The van der Waals surface area contributed by atoms with Crippen LogP contribution in [-0.4, -0.2) is 39.0 Å². The molecule has 0 bridgehead atoms. The number of rotatable bonds is 3. The number of thiophene rings is 1. The molecule has 1 saturated heterocycles. The van der Waals surface area contributed by atoms with E-state index < -0.39 is 5.82 Å². The van der Waals surface area contributed by atoms with Crippen molar-refractivity contribution < 1.29 is 9.18 Å². The summed E-state index contributed by atoms with van der Waals surface area (Å²) in [5.41, 5.74) is 4.11. The maximum atomic E-state index is 14.5. The van der Waals surface area contributed by atoms with Crippen LogP contribution in [0, 0.1) is 5.82 Å². The summed E-state index contributed by atoms with van der Waals surface area (Å²) >= 11 is 1.62. The minimum atomic E-state index is -0.415. The number of hydrogen-bond donors (Lipinski definition) is 2. The molecule has 1 aromatic carbocycles. The molecule has 146 valence electrons. The van der Waals surface area contributed by atoms with Crippen molar-refractivity contribution in [2.24, 2.45) is 0 Å². The fraction of sp³-hybridized carbons (Fsp3) is 0.190. The van der Waals surface area contributed by atoms with Crippen LogP contribution in [0.25, 0.3) is 33.7 Å².